The van der Waals surface area contributed by atoms with Gasteiger partial charge in [0.15, 0.2) is 0 Å². The summed E-state index contributed by atoms with van der Waals surface area (Å²) < 4.78 is 5.58. The number of aromatic nitrogens is 2. The zero-order valence-electron chi connectivity index (χ0n) is 12.2. The fraction of sp³-hybridized carbons (Fsp3) is 0.400. The van der Waals surface area contributed by atoms with Gasteiger partial charge in [-0.1, -0.05) is 16.7 Å². The zero-order valence-corrected chi connectivity index (χ0v) is 13.7. The molecule has 3 atom stereocenters. The van der Waals surface area contributed by atoms with Gasteiger partial charge in [0, 0.05) is 23.1 Å². The van der Waals surface area contributed by atoms with Gasteiger partial charge in [-0.25, -0.2) is 0 Å². The second kappa shape index (κ2) is 6.07. The average Bonchev–Trinajstić information content (AvgIpc) is 3.26. The minimum atomic E-state index is -0.187. The molecule has 23 heavy (non-hydrogen) atoms. The lowest BCUT2D eigenvalue weighted by molar-refractivity contribution is 0.0930. The van der Waals surface area contributed by atoms with Gasteiger partial charge in [-0.2, -0.15) is 0 Å². The summed E-state index contributed by atoms with van der Waals surface area (Å²) in [7, 11) is 0. The molecule has 6 nitrogen and oxygen atoms in total. The fourth-order valence-electron chi connectivity index (χ4n) is 3.16. The lowest BCUT2D eigenvalue weighted by Crippen LogP contribution is -2.42. The van der Waals surface area contributed by atoms with E-state index in [1.165, 1.54) is 6.42 Å². The molecule has 1 aromatic carbocycles. The Hall–Kier alpha value is -1.70. The van der Waals surface area contributed by atoms with Crippen molar-refractivity contribution in [2.45, 2.75) is 37.4 Å². The Labute approximate surface area is 142 Å². The average molecular weight is 351 g/mol. The van der Waals surface area contributed by atoms with Crippen LogP contribution in [0.3, 0.4) is 0 Å². The molecule has 2 aliphatic rings. The Kier molecular flexibility index (Phi) is 3.92. The van der Waals surface area contributed by atoms with E-state index in [1.54, 1.807) is 24.3 Å². The number of hydrogen-bond acceptors (Lipinski definition) is 6. The Morgan fingerprint density at radius 2 is 2.13 bits per heavy atom. The summed E-state index contributed by atoms with van der Waals surface area (Å²) in [6.07, 6.45) is 3.31. The maximum atomic E-state index is 12.3. The van der Waals surface area contributed by atoms with E-state index in [2.05, 4.69) is 20.8 Å². The van der Waals surface area contributed by atoms with Crippen molar-refractivity contribution in [2.24, 2.45) is 0 Å². The van der Waals surface area contributed by atoms with E-state index >= 15 is 0 Å². The molecule has 0 unspecified atom stereocenters. The number of carbonyl (C=O) groups excluding carboxylic acids is 1. The van der Waals surface area contributed by atoms with E-state index < -0.39 is 0 Å². The first-order valence-electron chi connectivity index (χ1n) is 7.51. The molecule has 1 amide bonds. The predicted molar refractivity (Wildman–Crippen MR) is 87.3 cm³/mol. The summed E-state index contributed by atoms with van der Waals surface area (Å²) in [5.74, 6) is 0.419. The van der Waals surface area contributed by atoms with E-state index in [-0.39, 0.29) is 11.9 Å². The van der Waals surface area contributed by atoms with Crippen LogP contribution in [0.15, 0.2) is 24.3 Å². The van der Waals surface area contributed by atoms with Gasteiger partial charge in [-0.05, 0) is 54.9 Å². The highest BCUT2D eigenvalue weighted by Gasteiger charge is 2.40. The smallest absolute Gasteiger partial charge is 0.300 e. The van der Waals surface area contributed by atoms with Crippen LogP contribution < -0.4 is 15.4 Å². The summed E-state index contributed by atoms with van der Waals surface area (Å²) in [5.41, 5.74) is 0. The number of fused-ring (bicyclic) bond motifs is 2. The molecular weight excluding hydrogens is 336 g/mol. The Bertz CT molecular complexity index is 721. The van der Waals surface area contributed by atoms with Gasteiger partial charge in [0.1, 0.15) is 5.75 Å². The molecular formula is C15H15ClN4O2S. The number of hydrogen-bond donors (Lipinski definition) is 2. The van der Waals surface area contributed by atoms with Crippen LogP contribution in [0.4, 0.5) is 0 Å². The second-order valence-electron chi connectivity index (χ2n) is 5.79. The number of nitrogens with one attached hydrogen (secondary N) is 2. The SMILES string of the molecule is O=C(N[C@@H]1C[C@H]2CC[C@@H]1N2)c1nnc(Oc2ccc(Cl)cc2)s1. The molecule has 120 valence electrons. The third kappa shape index (κ3) is 3.17. The Morgan fingerprint density at radius 3 is 2.83 bits per heavy atom. The monoisotopic (exact) mass is 350 g/mol. The zero-order chi connectivity index (χ0) is 15.8. The number of halogens is 1. The molecule has 2 aliphatic heterocycles. The van der Waals surface area contributed by atoms with Crippen molar-refractivity contribution >= 4 is 28.8 Å². The van der Waals surface area contributed by atoms with Crippen LogP contribution in [0.1, 0.15) is 29.1 Å². The molecule has 2 N–H and O–H groups in total. The molecule has 0 radical (unpaired) electrons. The first-order chi connectivity index (χ1) is 11.2. The van der Waals surface area contributed by atoms with E-state index in [1.807, 2.05) is 0 Å². The molecule has 1 aromatic heterocycles. The van der Waals surface area contributed by atoms with Gasteiger partial charge in [0.2, 0.25) is 5.01 Å². The van der Waals surface area contributed by atoms with Crippen molar-refractivity contribution in [2.75, 3.05) is 0 Å². The summed E-state index contributed by atoms with van der Waals surface area (Å²) in [6, 6.07) is 8.06. The van der Waals surface area contributed by atoms with Crippen molar-refractivity contribution < 1.29 is 9.53 Å². The van der Waals surface area contributed by atoms with Crippen molar-refractivity contribution in [1.29, 1.82) is 0 Å². The van der Waals surface area contributed by atoms with Crippen LogP contribution in [-0.2, 0) is 0 Å². The quantitative estimate of drug-likeness (QED) is 0.886. The van der Waals surface area contributed by atoms with Crippen molar-refractivity contribution in [3.63, 3.8) is 0 Å². The minimum Gasteiger partial charge on any atom is -0.430 e. The maximum Gasteiger partial charge on any atom is 0.300 e. The van der Waals surface area contributed by atoms with Crippen LogP contribution in [0.25, 0.3) is 0 Å². The molecule has 2 aromatic rings. The summed E-state index contributed by atoms with van der Waals surface area (Å²) in [6.45, 7) is 0. The molecule has 2 fully saturated rings. The van der Waals surface area contributed by atoms with Crippen molar-refractivity contribution in [3.8, 4) is 10.9 Å². The number of benzene rings is 1. The Balaban J connectivity index is 1.39. The van der Waals surface area contributed by atoms with Crippen LogP contribution >= 0.6 is 22.9 Å². The molecule has 2 saturated heterocycles. The van der Waals surface area contributed by atoms with E-state index in [0.29, 0.717) is 33.1 Å². The first kappa shape index (κ1) is 14.9. The largest absolute Gasteiger partial charge is 0.430 e. The van der Waals surface area contributed by atoms with Gasteiger partial charge in [-0.15, -0.1) is 5.10 Å². The van der Waals surface area contributed by atoms with E-state index in [0.717, 1.165) is 24.2 Å². The highest BCUT2D eigenvalue weighted by Crippen LogP contribution is 2.29. The lowest BCUT2D eigenvalue weighted by atomic mass is 9.95. The van der Waals surface area contributed by atoms with Crippen LogP contribution in [0.2, 0.25) is 5.02 Å². The number of nitrogens with zero attached hydrogens (tertiary/aromatic N) is 2. The first-order valence-corrected chi connectivity index (χ1v) is 8.70. The number of amides is 1. The number of carbonyl (C=O) groups is 1. The van der Waals surface area contributed by atoms with Gasteiger partial charge in [0.05, 0.1) is 0 Å². The Morgan fingerprint density at radius 1 is 1.30 bits per heavy atom. The van der Waals surface area contributed by atoms with Crippen LogP contribution in [0, 0.1) is 0 Å². The summed E-state index contributed by atoms with van der Waals surface area (Å²) in [4.78, 5) is 12.3. The van der Waals surface area contributed by atoms with Gasteiger partial charge >= 0.3 is 0 Å². The molecule has 0 saturated carbocycles. The van der Waals surface area contributed by atoms with Gasteiger partial charge in [0.25, 0.3) is 11.1 Å². The third-order valence-corrected chi connectivity index (χ3v) is 5.29. The topological polar surface area (TPSA) is 76.1 Å². The standard InChI is InChI=1S/C15H15ClN4O2S/c16-8-1-4-10(5-2-8)22-15-20-19-14(23-15)13(21)18-12-7-9-3-6-11(12)17-9/h1-2,4-5,9,11-12,17H,3,6-7H2,(H,18,21)/t9-,11+,12-/m1/s1. The van der Waals surface area contributed by atoms with E-state index in [4.69, 9.17) is 16.3 Å². The van der Waals surface area contributed by atoms with Crippen LogP contribution in [-0.4, -0.2) is 34.2 Å². The molecule has 2 bridgehead atoms. The summed E-state index contributed by atoms with van der Waals surface area (Å²) >= 11 is 6.96. The highest BCUT2D eigenvalue weighted by molar-refractivity contribution is 7.15. The highest BCUT2D eigenvalue weighted by atomic mass is 35.5. The summed E-state index contributed by atoms with van der Waals surface area (Å²) in [5, 5.41) is 15.7. The molecule has 4 rings (SSSR count). The van der Waals surface area contributed by atoms with Crippen LogP contribution in [0.5, 0.6) is 10.9 Å². The molecule has 0 aliphatic carbocycles. The maximum absolute atomic E-state index is 12.3. The second-order valence-corrected chi connectivity index (χ2v) is 7.17. The minimum absolute atomic E-state index is 0.186. The van der Waals surface area contributed by atoms with Gasteiger partial charge < -0.3 is 15.4 Å². The molecule has 8 heteroatoms. The lowest BCUT2D eigenvalue weighted by Gasteiger charge is -2.20. The molecule has 3 heterocycles. The normalized spacial score (nSPS) is 25.5. The van der Waals surface area contributed by atoms with Crippen molar-refractivity contribution in [1.82, 2.24) is 20.8 Å². The molecule has 0 spiro atoms. The fourth-order valence-corrected chi connectivity index (χ4v) is 3.90. The predicted octanol–water partition coefficient (Wildman–Crippen LogP) is 2.61. The third-order valence-electron chi connectivity index (χ3n) is 4.24. The van der Waals surface area contributed by atoms with E-state index in [9.17, 15) is 4.79 Å². The number of rotatable bonds is 4. The number of ether oxygens (including phenoxy) is 1. The van der Waals surface area contributed by atoms with Gasteiger partial charge in [-0.3, -0.25) is 4.79 Å². The van der Waals surface area contributed by atoms with Crippen molar-refractivity contribution in [3.05, 3.63) is 34.3 Å².